The Morgan fingerprint density at radius 2 is 1.74 bits per heavy atom. The molecular formula is C15H11ClF4N2O. The number of carbonyl (C=O) groups excluding carboxylic acids is 1. The second-order valence-electron chi connectivity index (χ2n) is 4.63. The Hall–Kier alpha value is -2.28. The van der Waals surface area contributed by atoms with Crippen LogP contribution in [0.15, 0.2) is 42.5 Å². The van der Waals surface area contributed by atoms with Gasteiger partial charge in [-0.1, -0.05) is 23.7 Å². The van der Waals surface area contributed by atoms with E-state index in [0.29, 0.717) is 5.56 Å². The molecule has 0 aliphatic carbocycles. The fourth-order valence-electron chi connectivity index (χ4n) is 1.75. The van der Waals surface area contributed by atoms with Gasteiger partial charge in [0.15, 0.2) is 0 Å². The highest BCUT2D eigenvalue weighted by Gasteiger charge is 2.31. The third kappa shape index (κ3) is 4.85. The molecule has 2 aromatic rings. The minimum atomic E-state index is -4.54. The standard InChI is InChI=1S/C15H11ClF4N2O/c16-12-6-3-10(15(18,19)20)7-13(12)22-14(23)21-8-9-1-4-11(17)5-2-9/h1-7H,8H2,(H2,21,22,23). The van der Waals surface area contributed by atoms with E-state index in [-0.39, 0.29) is 17.3 Å². The van der Waals surface area contributed by atoms with Gasteiger partial charge in [0.25, 0.3) is 0 Å². The van der Waals surface area contributed by atoms with Crippen molar-refractivity contribution in [2.75, 3.05) is 5.32 Å². The summed E-state index contributed by atoms with van der Waals surface area (Å²) in [7, 11) is 0. The van der Waals surface area contributed by atoms with Crippen LogP contribution in [-0.4, -0.2) is 6.03 Å². The van der Waals surface area contributed by atoms with Crippen molar-refractivity contribution in [2.24, 2.45) is 0 Å². The number of anilines is 1. The molecule has 8 heteroatoms. The van der Waals surface area contributed by atoms with Gasteiger partial charge in [-0.15, -0.1) is 0 Å². The van der Waals surface area contributed by atoms with E-state index in [0.717, 1.165) is 18.2 Å². The number of benzene rings is 2. The molecule has 0 spiro atoms. The predicted molar refractivity (Wildman–Crippen MR) is 78.7 cm³/mol. The summed E-state index contributed by atoms with van der Waals surface area (Å²) in [6.07, 6.45) is -4.54. The zero-order valence-corrected chi connectivity index (χ0v) is 12.3. The molecule has 0 radical (unpaired) electrons. The van der Waals surface area contributed by atoms with Gasteiger partial charge in [0.05, 0.1) is 16.3 Å². The number of alkyl halides is 3. The fourth-order valence-corrected chi connectivity index (χ4v) is 1.91. The van der Waals surface area contributed by atoms with Crippen LogP contribution in [0.4, 0.5) is 28.0 Å². The van der Waals surface area contributed by atoms with Gasteiger partial charge >= 0.3 is 12.2 Å². The maximum absolute atomic E-state index is 12.7. The average molecular weight is 347 g/mol. The van der Waals surface area contributed by atoms with Gasteiger partial charge in [0, 0.05) is 6.54 Å². The van der Waals surface area contributed by atoms with Crippen LogP contribution in [-0.2, 0) is 12.7 Å². The average Bonchev–Trinajstić information content (AvgIpc) is 2.48. The SMILES string of the molecule is O=C(NCc1ccc(F)cc1)Nc1cc(C(F)(F)F)ccc1Cl. The molecule has 2 amide bonds. The number of hydrogen-bond donors (Lipinski definition) is 2. The fraction of sp³-hybridized carbons (Fsp3) is 0.133. The van der Waals surface area contributed by atoms with Gasteiger partial charge in [-0.2, -0.15) is 13.2 Å². The lowest BCUT2D eigenvalue weighted by Gasteiger charge is -2.12. The molecule has 0 aromatic heterocycles. The largest absolute Gasteiger partial charge is 0.416 e. The summed E-state index contributed by atoms with van der Waals surface area (Å²) in [5.74, 6) is -0.408. The highest BCUT2D eigenvalue weighted by molar-refractivity contribution is 6.33. The van der Waals surface area contributed by atoms with Crippen molar-refractivity contribution in [3.63, 3.8) is 0 Å². The van der Waals surface area contributed by atoms with E-state index >= 15 is 0 Å². The van der Waals surface area contributed by atoms with Crippen LogP contribution in [0.25, 0.3) is 0 Å². The number of amides is 2. The first kappa shape index (κ1) is 17.1. The van der Waals surface area contributed by atoms with Crippen LogP contribution in [0.2, 0.25) is 5.02 Å². The third-order valence-electron chi connectivity index (χ3n) is 2.91. The first-order chi connectivity index (χ1) is 10.8. The van der Waals surface area contributed by atoms with Crippen molar-refractivity contribution in [2.45, 2.75) is 12.7 Å². The van der Waals surface area contributed by atoms with E-state index in [4.69, 9.17) is 11.6 Å². The van der Waals surface area contributed by atoms with E-state index in [9.17, 15) is 22.4 Å². The highest BCUT2D eigenvalue weighted by atomic mass is 35.5. The minimum Gasteiger partial charge on any atom is -0.334 e. The molecule has 0 aliphatic rings. The monoisotopic (exact) mass is 346 g/mol. The molecule has 122 valence electrons. The van der Waals surface area contributed by atoms with Gasteiger partial charge in [0.2, 0.25) is 0 Å². The molecule has 2 aromatic carbocycles. The first-order valence-electron chi connectivity index (χ1n) is 6.42. The number of nitrogens with one attached hydrogen (secondary N) is 2. The second-order valence-corrected chi connectivity index (χ2v) is 5.03. The van der Waals surface area contributed by atoms with Crippen molar-refractivity contribution in [3.8, 4) is 0 Å². The van der Waals surface area contributed by atoms with Crippen LogP contribution in [0.3, 0.4) is 0 Å². The maximum atomic E-state index is 12.7. The third-order valence-corrected chi connectivity index (χ3v) is 3.24. The molecule has 0 bridgehead atoms. The number of halogens is 5. The van der Waals surface area contributed by atoms with E-state index < -0.39 is 23.6 Å². The summed E-state index contributed by atoms with van der Waals surface area (Å²) >= 11 is 5.77. The molecule has 23 heavy (non-hydrogen) atoms. The Balaban J connectivity index is 2.01. The minimum absolute atomic E-state index is 0.0186. The van der Waals surface area contributed by atoms with Crippen LogP contribution >= 0.6 is 11.6 Å². The molecule has 0 aliphatic heterocycles. The Bertz CT molecular complexity index is 702. The Labute approximate surface area is 134 Å². The molecule has 0 saturated carbocycles. The van der Waals surface area contributed by atoms with Crippen molar-refractivity contribution < 1.29 is 22.4 Å². The van der Waals surface area contributed by atoms with Crippen molar-refractivity contribution in [1.29, 1.82) is 0 Å². The molecular weight excluding hydrogens is 336 g/mol. The van der Waals surface area contributed by atoms with Crippen molar-refractivity contribution in [3.05, 3.63) is 64.4 Å². The van der Waals surface area contributed by atoms with Crippen LogP contribution < -0.4 is 10.6 Å². The summed E-state index contributed by atoms with van der Waals surface area (Å²) in [6.45, 7) is 0.0860. The lowest BCUT2D eigenvalue weighted by molar-refractivity contribution is -0.137. The van der Waals surface area contributed by atoms with E-state index in [2.05, 4.69) is 10.6 Å². The zero-order chi connectivity index (χ0) is 17.0. The molecule has 0 heterocycles. The van der Waals surface area contributed by atoms with Crippen LogP contribution in [0.1, 0.15) is 11.1 Å². The zero-order valence-electron chi connectivity index (χ0n) is 11.5. The number of urea groups is 1. The maximum Gasteiger partial charge on any atom is 0.416 e. The summed E-state index contributed by atoms with van der Waals surface area (Å²) in [5, 5.41) is 4.67. The molecule has 0 unspecified atom stereocenters. The van der Waals surface area contributed by atoms with E-state index in [1.54, 1.807) is 0 Å². The molecule has 0 atom stereocenters. The number of hydrogen-bond acceptors (Lipinski definition) is 1. The van der Waals surface area contributed by atoms with Crippen molar-refractivity contribution in [1.82, 2.24) is 5.32 Å². The van der Waals surface area contributed by atoms with E-state index in [1.165, 1.54) is 24.3 Å². The van der Waals surface area contributed by atoms with Crippen LogP contribution in [0.5, 0.6) is 0 Å². The molecule has 2 rings (SSSR count). The summed E-state index contributed by atoms with van der Waals surface area (Å²) in [5.41, 5.74) is -0.439. The Kier molecular flexibility index (Phi) is 5.10. The van der Waals surface area contributed by atoms with E-state index in [1.807, 2.05) is 0 Å². The quantitative estimate of drug-likeness (QED) is 0.769. The molecule has 0 fully saturated rings. The van der Waals surface area contributed by atoms with Crippen molar-refractivity contribution >= 4 is 23.3 Å². The number of rotatable bonds is 3. The molecule has 2 N–H and O–H groups in total. The normalized spacial score (nSPS) is 11.2. The second kappa shape index (κ2) is 6.87. The summed E-state index contributed by atoms with van der Waals surface area (Å²) < 4.78 is 50.7. The summed E-state index contributed by atoms with van der Waals surface area (Å²) in [6, 6.07) is 7.33. The molecule has 3 nitrogen and oxygen atoms in total. The topological polar surface area (TPSA) is 41.1 Å². The Morgan fingerprint density at radius 1 is 1.09 bits per heavy atom. The highest BCUT2D eigenvalue weighted by Crippen LogP contribution is 2.33. The lowest BCUT2D eigenvalue weighted by Crippen LogP contribution is -2.28. The van der Waals surface area contributed by atoms with Crippen LogP contribution in [0, 0.1) is 5.82 Å². The first-order valence-corrected chi connectivity index (χ1v) is 6.79. The van der Waals surface area contributed by atoms with Gasteiger partial charge in [-0.05, 0) is 35.9 Å². The summed E-state index contributed by atoms with van der Waals surface area (Å²) in [4.78, 5) is 11.7. The van der Waals surface area contributed by atoms with Gasteiger partial charge in [-0.3, -0.25) is 0 Å². The van der Waals surface area contributed by atoms with Gasteiger partial charge < -0.3 is 10.6 Å². The predicted octanol–water partition coefficient (Wildman–Crippen LogP) is 4.82. The smallest absolute Gasteiger partial charge is 0.334 e. The Morgan fingerprint density at radius 3 is 2.35 bits per heavy atom. The molecule has 0 saturated heterocycles. The van der Waals surface area contributed by atoms with Gasteiger partial charge in [0.1, 0.15) is 5.82 Å². The lowest BCUT2D eigenvalue weighted by atomic mass is 10.2. The number of carbonyl (C=O) groups is 1. The van der Waals surface area contributed by atoms with Gasteiger partial charge in [-0.25, -0.2) is 9.18 Å².